The molecular weight excluding hydrogens is 805 g/mol. The molecule has 2 aliphatic rings. The molecule has 0 radical (unpaired) electrons. The van der Waals surface area contributed by atoms with Crippen molar-refractivity contribution in [2.45, 2.75) is 31.6 Å². The molecule has 9 aromatic carbocycles. The second-order valence-electron chi connectivity index (χ2n) is 18.3. The van der Waals surface area contributed by atoms with E-state index in [1.165, 1.54) is 50.1 Å². The number of nitrogens with zero attached hydrogens (tertiary/aromatic N) is 4. The number of aromatic nitrogens is 2. The van der Waals surface area contributed by atoms with Gasteiger partial charge in [0.05, 0.1) is 5.41 Å². The van der Waals surface area contributed by atoms with E-state index >= 15 is 0 Å². The molecule has 66 heavy (non-hydrogen) atoms. The summed E-state index contributed by atoms with van der Waals surface area (Å²) in [4.78, 5) is 4.72. The zero-order chi connectivity index (χ0) is 44.4. The summed E-state index contributed by atoms with van der Waals surface area (Å²) in [6.45, 7) is 6.67. The lowest BCUT2D eigenvalue weighted by molar-refractivity contribution is 0.582. The fourth-order valence-electron chi connectivity index (χ4n) is 10.3. The number of hydrogen-bond donors (Lipinski definition) is 0. The Labute approximate surface area is 385 Å². The van der Waals surface area contributed by atoms with Gasteiger partial charge in [-0.15, -0.1) is 10.2 Å². The van der Waals surface area contributed by atoms with Gasteiger partial charge in [0.1, 0.15) is 0 Å². The van der Waals surface area contributed by atoms with E-state index in [4.69, 9.17) is 9.52 Å². The molecule has 10 aromatic rings. The predicted octanol–water partition coefficient (Wildman–Crippen LogP) is 16.0. The van der Waals surface area contributed by atoms with Crippen molar-refractivity contribution in [3.8, 4) is 45.2 Å². The lowest BCUT2D eigenvalue weighted by atomic mass is 9.70. The molecule has 0 saturated heterocycles. The summed E-state index contributed by atoms with van der Waals surface area (Å²) >= 11 is 0. The van der Waals surface area contributed by atoms with Gasteiger partial charge in [0.2, 0.25) is 11.8 Å². The summed E-state index contributed by atoms with van der Waals surface area (Å²) in [6.07, 6.45) is 0. The lowest BCUT2D eigenvalue weighted by Crippen LogP contribution is -2.26. The molecule has 0 atom stereocenters. The Morgan fingerprint density at radius 3 is 1.20 bits per heavy atom. The van der Waals surface area contributed by atoms with Gasteiger partial charge >= 0.3 is 0 Å². The summed E-state index contributed by atoms with van der Waals surface area (Å²) in [5.74, 6) is 0.983. The molecule has 2 aliphatic carbocycles. The third-order valence-corrected chi connectivity index (χ3v) is 13.4. The van der Waals surface area contributed by atoms with Gasteiger partial charge in [0, 0.05) is 45.3 Å². The molecule has 5 heteroatoms. The first-order chi connectivity index (χ1) is 32.4. The highest BCUT2D eigenvalue weighted by Crippen LogP contribution is 2.64. The van der Waals surface area contributed by atoms with Gasteiger partial charge in [-0.1, -0.05) is 148 Å². The minimum Gasteiger partial charge on any atom is -0.416 e. The fraction of sp³-hybridized carbons (Fsp3) is 0.0820. The highest BCUT2D eigenvalue weighted by atomic mass is 16.4. The summed E-state index contributed by atoms with van der Waals surface area (Å²) < 4.78 is 6.57. The van der Waals surface area contributed by atoms with Crippen molar-refractivity contribution in [2.75, 3.05) is 9.80 Å². The van der Waals surface area contributed by atoms with E-state index < -0.39 is 5.41 Å². The summed E-state index contributed by atoms with van der Waals surface area (Å²) in [5.41, 5.74) is 18.6. The third kappa shape index (κ3) is 6.30. The average Bonchev–Trinajstić information content (AvgIpc) is 4.05. The minimum atomic E-state index is -0.706. The Morgan fingerprint density at radius 1 is 0.348 bits per heavy atom. The number of hydrogen-bond acceptors (Lipinski definition) is 5. The summed E-state index contributed by atoms with van der Waals surface area (Å²) in [6, 6.07) is 80.9. The van der Waals surface area contributed by atoms with Crippen LogP contribution < -0.4 is 9.80 Å². The highest BCUT2D eigenvalue weighted by molar-refractivity contribution is 5.98. The Balaban J connectivity index is 1.10. The van der Waals surface area contributed by atoms with Crippen LogP contribution in [0.2, 0.25) is 0 Å². The third-order valence-electron chi connectivity index (χ3n) is 13.4. The van der Waals surface area contributed by atoms with Crippen molar-refractivity contribution in [3.63, 3.8) is 0 Å². The van der Waals surface area contributed by atoms with Crippen LogP contribution >= 0.6 is 0 Å². The predicted molar refractivity (Wildman–Crippen MR) is 270 cm³/mol. The van der Waals surface area contributed by atoms with Gasteiger partial charge in [-0.05, 0) is 153 Å². The number of anilines is 6. The van der Waals surface area contributed by atoms with Crippen LogP contribution in [-0.2, 0) is 10.8 Å². The number of benzene rings is 9. The Morgan fingerprint density at radius 2 is 0.727 bits per heavy atom. The molecule has 0 saturated carbocycles. The van der Waals surface area contributed by atoms with Crippen LogP contribution in [0.4, 0.5) is 34.1 Å². The van der Waals surface area contributed by atoms with E-state index in [1.807, 2.05) is 0 Å². The molecule has 0 bridgehead atoms. The number of para-hydroxylation sites is 4. The largest absolute Gasteiger partial charge is 0.416 e. The van der Waals surface area contributed by atoms with Crippen molar-refractivity contribution in [1.29, 1.82) is 0 Å². The maximum atomic E-state index is 6.57. The molecule has 5 nitrogen and oxygen atoms in total. The number of rotatable bonds is 8. The molecule has 1 heterocycles. The normalized spacial score (nSPS) is 12.9. The quantitative estimate of drug-likeness (QED) is 0.152. The second-order valence-corrected chi connectivity index (χ2v) is 18.3. The van der Waals surface area contributed by atoms with Crippen molar-refractivity contribution in [1.82, 2.24) is 10.2 Å². The average molecular weight is 851 g/mol. The molecule has 12 rings (SSSR count). The van der Waals surface area contributed by atoms with Crippen molar-refractivity contribution in [3.05, 3.63) is 252 Å². The minimum absolute atomic E-state index is 0.0399. The van der Waals surface area contributed by atoms with Gasteiger partial charge < -0.3 is 14.2 Å². The van der Waals surface area contributed by atoms with Gasteiger partial charge in [0.25, 0.3) is 0 Å². The molecule has 1 spiro atoms. The maximum Gasteiger partial charge on any atom is 0.248 e. The smallest absolute Gasteiger partial charge is 0.248 e. The lowest BCUT2D eigenvalue weighted by Gasteiger charge is -2.33. The standard InChI is InChI=1S/C61H46N4O/c1-60(2,3)43-31-28-41(29-32-43)58-62-63-59(66-58)42-30-35-51-50-26-16-17-27-54(50)61(55(51)38-42)56-39-48(64(44-18-8-4-9-19-44)45-20-10-5-11-21-45)33-36-52(56)53-37-34-49(40-57(53)61)65(46-22-12-6-13-23-46)47-24-14-7-15-25-47/h4-40H,1-3H3. The van der Waals surface area contributed by atoms with E-state index in [9.17, 15) is 0 Å². The Bertz CT molecular complexity index is 3180. The van der Waals surface area contributed by atoms with Crippen LogP contribution in [0.3, 0.4) is 0 Å². The molecule has 0 N–H and O–H groups in total. The fourth-order valence-corrected chi connectivity index (χ4v) is 10.3. The first-order valence-electron chi connectivity index (χ1n) is 22.7. The Hall–Kier alpha value is -8.28. The second kappa shape index (κ2) is 15.5. The zero-order valence-electron chi connectivity index (χ0n) is 37.1. The first kappa shape index (κ1) is 39.3. The van der Waals surface area contributed by atoms with E-state index in [2.05, 4.69) is 260 Å². The Kier molecular flexibility index (Phi) is 9.21. The summed E-state index contributed by atoms with van der Waals surface area (Å²) in [5, 5.41) is 9.29. The van der Waals surface area contributed by atoms with Crippen molar-refractivity contribution < 1.29 is 4.42 Å². The molecular formula is C61H46N4O. The van der Waals surface area contributed by atoms with E-state index in [1.54, 1.807) is 0 Å². The molecule has 0 aliphatic heterocycles. The van der Waals surface area contributed by atoms with Crippen molar-refractivity contribution >= 4 is 34.1 Å². The van der Waals surface area contributed by atoms with E-state index in [0.717, 1.165) is 45.3 Å². The topological polar surface area (TPSA) is 45.4 Å². The van der Waals surface area contributed by atoms with Crippen molar-refractivity contribution in [2.24, 2.45) is 0 Å². The van der Waals surface area contributed by atoms with Crippen LogP contribution in [-0.4, -0.2) is 10.2 Å². The molecule has 1 aromatic heterocycles. The molecule has 316 valence electrons. The van der Waals surface area contributed by atoms with Gasteiger partial charge in [-0.25, -0.2) is 0 Å². The van der Waals surface area contributed by atoms with Gasteiger partial charge in [-0.3, -0.25) is 0 Å². The SMILES string of the molecule is CC(C)(C)c1ccc(-c2nnc(-c3ccc4c(c3)C3(c5ccccc5-4)c4cc(N(c5ccccc5)c5ccccc5)ccc4-c4ccc(N(c5ccccc5)c5ccccc5)cc43)o2)cc1. The monoisotopic (exact) mass is 850 g/mol. The first-order valence-corrected chi connectivity index (χ1v) is 22.7. The van der Waals surface area contributed by atoms with E-state index in [0.29, 0.717) is 11.8 Å². The van der Waals surface area contributed by atoms with Gasteiger partial charge in [0.15, 0.2) is 0 Å². The van der Waals surface area contributed by atoms with Crippen LogP contribution in [0, 0.1) is 0 Å². The highest BCUT2D eigenvalue weighted by Gasteiger charge is 2.52. The zero-order valence-corrected chi connectivity index (χ0v) is 37.1. The maximum absolute atomic E-state index is 6.57. The van der Waals surface area contributed by atoms with Crippen LogP contribution in [0.1, 0.15) is 48.6 Å². The van der Waals surface area contributed by atoms with Crippen LogP contribution in [0.15, 0.2) is 229 Å². The summed E-state index contributed by atoms with van der Waals surface area (Å²) in [7, 11) is 0. The molecule has 0 amide bonds. The van der Waals surface area contributed by atoms with Gasteiger partial charge in [-0.2, -0.15) is 0 Å². The van der Waals surface area contributed by atoms with Crippen LogP contribution in [0.25, 0.3) is 45.2 Å². The number of fused-ring (bicyclic) bond motifs is 10. The van der Waals surface area contributed by atoms with E-state index in [-0.39, 0.29) is 5.41 Å². The molecule has 0 unspecified atom stereocenters. The van der Waals surface area contributed by atoms with Crippen LogP contribution in [0.5, 0.6) is 0 Å². The molecule has 0 fully saturated rings.